The predicted molar refractivity (Wildman–Crippen MR) is 199 cm³/mol. The monoisotopic (exact) mass is 631 g/mol. The van der Waals surface area contributed by atoms with Crippen molar-refractivity contribution in [3.8, 4) is 0 Å². The first-order chi connectivity index (χ1) is 23.1. The van der Waals surface area contributed by atoms with Crippen LogP contribution in [0.15, 0.2) is 121 Å². The molecule has 0 radical (unpaired) electrons. The van der Waals surface area contributed by atoms with Crippen LogP contribution in [0.5, 0.6) is 0 Å². The van der Waals surface area contributed by atoms with Crippen molar-refractivity contribution in [3.63, 3.8) is 0 Å². The molecule has 5 heteroatoms. The molecule has 0 saturated carbocycles. The number of nitrogens with zero attached hydrogens (tertiary/aromatic N) is 1. The van der Waals surface area contributed by atoms with Crippen LogP contribution in [0.4, 0.5) is 17.1 Å². The minimum atomic E-state index is -0.963. The Balaban J connectivity index is 1.35. The molecule has 5 aromatic carbocycles. The lowest BCUT2D eigenvalue weighted by molar-refractivity contribution is -0.132. The lowest BCUT2D eigenvalue weighted by Crippen LogP contribution is -2.09. The zero-order valence-corrected chi connectivity index (χ0v) is 27.2. The number of carboxylic acids is 2. The van der Waals surface area contributed by atoms with Crippen molar-refractivity contribution >= 4 is 65.5 Å². The Kier molecular flexibility index (Phi) is 10.6. The molecule has 0 aliphatic rings. The highest BCUT2D eigenvalue weighted by Gasteiger charge is 2.12. The summed E-state index contributed by atoms with van der Waals surface area (Å²) in [5.74, 6) is -1.93. The number of hydrogen-bond acceptors (Lipinski definition) is 3. The largest absolute Gasteiger partial charge is 0.478 e. The van der Waals surface area contributed by atoms with E-state index < -0.39 is 11.9 Å². The summed E-state index contributed by atoms with van der Waals surface area (Å²) in [6.45, 7) is 6.12. The lowest BCUT2D eigenvalue weighted by Gasteiger charge is -2.26. The van der Waals surface area contributed by atoms with Crippen molar-refractivity contribution in [2.75, 3.05) is 4.90 Å². The highest BCUT2D eigenvalue weighted by Crippen LogP contribution is 2.35. The van der Waals surface area contributed by atoms with Crippen LogP contribution in [0.1, 0.15) is 50.1 Å². The molecular weight excluding hydrogens is 594 g/mol. The van der Waals surface area contributed by atoms with E-state index in [1.165, 1.54) is 5.56 Å². The quantitative estimate of drug-likeness (QED) is 0.112. The van der Waals surface area contributed by atoms with E-state index >= 15 is 0 Å². The first-order valence-electron chi connectivity index (χ1n) is 15.6. The molecule has 238 valence electrons. The summed E-state index contributed by atoms with van der Waals surface area (Å²) in [5.41, 5.74) is 12.5. The van der Waals surface area contributed by atoms with Crippen molar-refractivity contribution < 1.29 is 19.8 Å². The lowest BCUT2D eigenvalue weighted by atomic mass is 10.0. The van der Waals surface area contributed by atoms with Gasteiger partial charge in [0.1, 0.15) is 0 Å². The molecule has 0 heterocycles. The Morgan fingerprint density at radius 3 is 1.17 bits per heavy atom. The number of benzene rings is 5. The third-order valence-electron chi connectivity index (χ3n) is 7.93. The summed E-state index contributed by atoms with van der Waals surface area (Å²) in [4.78, 5) is 23.9. The second-order valence-electron chi connectivity index (χ2n) is 11.6. The van der Waals surface area contributed by atoms with E-state index in [0.717, 1.165) is 73.7 Å². The number of anilines is 3. The average molecular weight is 632 g/mol. The third-order valence-corrected chi connectivity index (χ3v) is 7.93. The van der Waals surface area contributed by atoms with Crippen LogP contribution in [-0.2, 0) is 9.59 Å². The van der Waals surface area contributed by atoms with Crippen LogP contribution >= 0.6 is 0 Å². The van der Waals surface area contributed by atoms with Gasteiger partial charge in [-0.25, -0.2) is 9.59 Å². The molecule has 0 amide bonds. The average Bonchev–Trinajstić information content (AvgIpc) is 3.07. The fourth-order valence-corrected chi connectivity index (χ4v) is 5.30. The molecular formula is C43H37NO4. The zero-order chi connectivity index (χ0) is 34.0. The Hall–Kier alpha value is -6.20. The summed E-state index contributed by atoms with van der Waals surface area (Å²) in [5, 5.41) is 17.8. The first kappa shape index (κ1) is 33.2. The third kappa shape index (κ3) is 8.95. The molecule has 5 aromatic rings. The second-order valence-corrected chi connectivity index (χ2v) is 11.6. The first-order valence-corrected chi connectivity index (χ1v) is 15.6. The Labute approximate surface area is 281 Å². The van der Waals surface area contributed by atoms with Gasteiger partial charge in [-0.2, -0.15) is 0 Å². The van der Waals surface area contributed by atoms with Gasteiger partial charge in [-0.05, 0) is 114 Å². The number of hydrogen-bond donors (Lipinski definition) is 2. The van der Waals surface area contributed by atoms with Crippen LogP contribution in [0, 0.1) is 20.8 Å². The molecule has 0 aliphatic carbocycles. The number of aliphatic carboxylic acids is 2. The van der Waals surface area contributed by atoms with E-state index in [-0.39, 0.29) is 0 Å². The van der Waals surface area contributed by atoms with Crippen LogP contribution in [0.2, 0.25) is 0 Å². The zero-order valence-electron chi connectivity index (χ0n) is 27.2. The van der Waals surface area contributed by atoms with E-state index in [4.69, 9.17) is 10.2 Å². The SMILES string of the molecule is Cc1ccc(N(c2ccc(C=Cc3ccc(C=CC(=O)O)cc3C)cc2)c2ccc(C=Cc3ccc(C=CC(=O)O)cc3C)cc2)cc1. The highest BCUT2D eigenvalue weighted by atomic mass is 16.4. The van der Waals surface area contributed by atoms with E-state index in [1.807, 2.05) is 50.2 Å². The normalized spacial score (nSPS) is 11.6. The highest BCUT2D eigenvalue weighted by molar-refractivity contribution is 5.86. The molecule has 0 aliphatic heterocycles. The standard InChI is InChI=1S/C43H37NO4/c1-30-4-20-39(21-5-30)44(40-22-10-33(11-23-40)6-16-37-18-8-35(28-31(37)2)14-26-42(45)46)41-24-12-34(13-25-41)7-17-38-19-9-36(29-32(38)3)15-27-43(47)48/h4-29H,1-3H3,(H,45,46)(H,47,48). The Bertz CT molecular complexity index is 1900. The van der Waals surface area contributed by atoms with Crippen molar-refractivity contribution in [2.45, 2.75) is 20.8 Å². The van der Waals surface area contributed by atoms with Gasteiger partial charge >= 0.3 is 11.9 Å². The van der Waals surface area contributed by atoms with E-state index in [9.17, 15) is 9.59 Å². The molecule has 0 fully saturated rings. The Morgan fingerprint density at radius 1 is 0.458 bits per heavy atom. The van der Waals surface area contributed by atoms with E-state index in [1.54, 1.807) is 12.2 Å². The van der Waals surface area contributed by atoms with Crippen LogP contribution in [-0.4, -0.2) is 22.2 Å². The summed E-state index contributed by atoms with van der Waals surface area (Å²) in [7, 11) is 0. The molecule has 0 saturated heterocycles. The topological polar surface area (TPSA) is 77.8 Å². The van der Waals surface area contributed by atoms with E-state index in [0.29, 0.717) is 0 Å². The van der Waals surface area contributed by atoms with Crippen molar-refractivity contribution in [3.05, 3.63) is 171 Å². The number of rotatable bonds is 11. The van der Waals surface area contributed by atoms with Crippen LogP contribution in [0.25, 0.3) is 36.5 Å². The number of carboxylic acid groups (broad SMARTS) is 2. The molecule has 2 N–H and O–H groups in total. The summed E-state index contributed by atoms with van der Waals surface area (Å²) in [6, 6.07) is 37.2. The van der Waals surface area contributed by atoms with Gasteiger partial charge in [0.05, 0.1) is 0 Å². The molecule has 0 unspecified atom stereocenters. The predicted octanol–water partition coefficient (Wildman–Crippen LogP) is 10.6. The molecule has 0 spiro atoms. The Morgan fingerprint density at radius 2 is 0.812 bits per heavy atom. The molecule has 5 nitrogen and oxygen atoms in total. The molecule has 48 heavy (non-hydrogen) atoms. The van der Waals surface area contributed by atoms with Crippen molar-refractivity contribution in [1.82, 2.24) is 0 Å². The van der Waals surface area contributed by atoms with Gasteiger partial charge in [-0.3, -0.25) is 0 Å². The maximum Gasteiger partial charge on any atom is 0.328 e. The molecule has 5 rings (SSSR count). The maximum absolute atomic E-state index is 10.8. The van der Waals surface area contributed by atoms with Gasteiger partial charge in [0.2, 0.25) is 0 Å². The van der Waals surface area contributed by atoms with Crippen molar-refractivity contribution in [1.29, 1.82) is 0 Å². The molecule has 0 atom stereocenters. The van der Waals surface area contributed by atoms with Gasteiger partial charge in [0.15, 0.2) is 0 Å². The van der Waals surface area contributed by atoms with Crippen LogP contribution < -0.4 is 4.90 Å². The number of carbonyl (C=O) groups is 2. The molecule has 0 bridgehead atoms. The van der Waals surface area contributed by atoms with E-state index in [2.05, 4.69) is 109 Å². The smallest absolute Gasteiger partial charge is 0.328 e. The van der Waals surface area contributed by atoms with Gasteiger partial charge in [-0.1, -0.05) is 103 Å². The van der Waals surface area contributed by atoms with Gasteiger partial charge in [0.25, 0.3) is 0 Å². The second kappa shape index (κ2) is 15.4. The van der Waals surface area contributed by atoms with Gasteiger partial charge < -0.3 is 15.1 Å². The van der Waals surface area contributed by atoms with Crippen LogP contribution in [0.3, 0.4) is 0 Å². The van der Waals surface area contributed by atoms with Crippen molar-refractivity contribution in [2.24, 2.45) is 0 Å². The van der Waals surface area contributed by atoms with Gasteiger partial charge in [0, 0.05) is 29.2 Å². The van der Waals surface area contributed by atoms with Gasteiger partial charge in [-0.15, -0.1) is 0 Å². The fraction of sp³-hybridized carbons (Fsp3) is 0.0698. The summed E-state index contributed by atoms with van der Waals surface area (Å²) in [6.07, 6.45) is 13.8. The minimum absolute atomic E-state index is 0.852. The number of aryl methyl sites for hydroxylation is 3. The fourth-order valence-electron chi connectivity index (χ4n) is 5.30. The maximum atomic E-state index is 10.8. The minimum Gasteiger partial charge on any atom is -0.478 e. The summed E-state index contributed by atoms with van der Waals surface area (Å²) >= 11 is 0. The molecule has 0 aromatic heterocycles. The summed E-state index contributed by atoms with van der Waals surface area (Å²) < 4.78 is 0.